The van der Waals surface area contributed by atoms with Crippen LogP contribution < -0.4 is 20.8 Å². The largest absolute Gasteiger partial charge is 0.484 e. The van der Waals surface area contributed by atoms with Gasteiger partial charge in [-0.1, -0.05) is 28.1 Å². The van der Waals surface area contributed by atoms with Gasteiger partial charge in [-0.25, -0.2) is 5.43 Å². The number of ether oxygens (including phenoxy) is 1. The van der Waals surface area contributed by atoms with Gasteiger partial charge in [0, 0.05) is 17.2 Å². The first-order valence-electron chi connectivity index (χ1n) is 8.23. The molecule has 0 spiro atoms. The minimum Gasteiger partial charge on any atom is -0.484 e. The number of benzene rings is 2. The highest BCUT2D eigenvalue weighted by Gasteiger charge is 2.09. The summed E-state index contributed by atoms with van der Waals surface area (Å²) < 4.78 is 6.45. The molecule has 0 aliphatic carbocycles. The van der Waals surface area contributed by atoms with Crippen molar-refractivity contribution in [3.05, 3.63) is 58.1 Å². The molecular formula is C19H19BrN4O4. The molecule has 3 N–H and O–H groups in total. The van der Waals surface area contributed by atoms with E-state index in [1.165, 1.54) is 13.3 Å². The molecule has 0 atom stereocenters. The third kappa shape index (κ3) is 6.51. The lowest BCUT2D eigenvalue weighted by Crippen LogP contribution is -2.35. The molecule has 0 aliphatic heterocycles. The quantitative estimate of drug-likeness (QED) is 0.358. The number of rotatable bonds is 6. The van der Waals surface area contributed by atoms with Gasteiger partial charge in [-0.2, -0.15) is 5.10 Å². The molecule has 2 rings (SSSR count). The fourth-order valence-corrected chi connectivity index (χ4v) is 2.33. The number of hydrazone groups is 1. The molecule has 0 aromatic heterocycles. The van der Waals surface area contributed by atoms with Gasteiger partial charge in [0.25, 0.3) is 5.91 Å². The number of aryl methyl sites for hydroxylation is 1. The van der Waals surface area contributed by atoms with Crippen molar-refractivity contribution in [2.24, 2.45) is 5.10 Å². The number of halogens is 1. The third-order valence-electron chi connectivity index (χ3n) is 3.48. The Kier molecular flexibility index (Phi) is 7.70. The summed E-state index contributed by atoms with van der Waals surface area (Å²) in [5.41, 5.74) is 4.41. The van der Waals surface area contributed by atoms with Crippen LogP contribution in [0.1, 0.15) is 11.1 Å². The molecule has 3 amide bonds. The summed E-state index contributed by atoms with van der Waals surface area (Å²) in [7, 11) is 1.35. The van der Waals surface area contributed by atoms with Crippen molar-refractivity contribution in [3.8, 4) is 5.75 Å². The summed E-state index contributed by atoms with van der Waals surface area (Å²) in [5, 5.41) is 8.64. The number of likely N-dealkylation sites (N-methyl/N-ethyl adjacent to an activating group) is 1. The number of hydrogen-bond donors (Lipinski definition) is 3. The molecule has 28 heavy (non-hydrogen) atoms. The third-order valence-corrected chi connectivity index (χ3v) is 4.37. The van der Waals surface area contributed by atoms with Crippen LogP contribution in [-0.2, 0) is 14.4 Å². The van der Waals surface area contributed by atoms with Gasteiger partial charge >= 0.3 is 11.8 Å². The molecule has 0 heterocycles. The van der Waals surface area contributed by atoms with Crippen molar-refractivity contribution < 1.29 is 19.1 Å². The molecule has 146 valence electrons. The number of carbonyl (C=O) groups is 3. The van der Waals surface area contributed by atoms with Crippen molar-refractivity contribution in [1.82, 2.24) is 10.7 Å². The first kappa shape index (κ1) is 21.1. The van der Waals surface area contributed by atoms with Crippen LogP contribution in [0.15, 0.2) is 52.0 Å². The Morgan fingerprint density at radius 2 is 1.93 bits per heavy atom. The first-order chi connectivity index (χ1) is 13.4. The molecule has 0 saturated heterocycles. The van der Waals surface area contributed by atoms with Gasteiger partial charge in [0.05, 0.1) is 6.21 Å². The lowest BCUT2D eigenvalue weighted by atomic mass is 10.2. The van der Waals surface area contributed by atoms with E-state index in [0.717, 1.165) is 10.0 Å². The Morgan fingerprint density at radius 1 is 1.14 bits per heavy atom. The fourth-order valence-electron chi connectivity index (χ4n) is 2.08. The van der Waals surface area contributed by atoms with Crippen LogP contribution in [-0.4, -0.2) is 37.6 Å². The van der Waals surface area contributed by atoms with Crippen LogP contribution in [0.25, 0.3) is 0 Å². The lowest BCUT2D eigenvalue weighted by Gasteiger charge is -2.09. The zero-order valence-corrected chi connectivity index (χ0v) is 16.9. The minimum atomic E-state index is -0.869. The number of nitrogens with one attached hydrogen (secondary N) is 3. The highest BCUT2D eigenvalue weighted by atomic mass is 79.9. The summed E-state index contributed by atoms with van der Waals surface area (Å²) in [5.74, 6) is -1.49. The molecule has 0 bridgehead atoms. The van der Waals surface area contributed by atoms with Crippen molar-refractivity contribution in [1.29, 1.82) is 0 Å². The van der Waals surface area contributed by atoms with Crippen molar-refractivity contribution in [3.63, 3.8) is 0 Å². The minimum absolute atomic E-state index is 0.164. The smallest absolute Gasteiger partial charge is 0.329 e. The van der Waals surface area contributed by atoms with E-state index in [4.69, 9.17) is 4.74 Å². The van der Waals surface area contributed by atoms with Crippen LogP contribution in [0.5, 0.6) is 5.75 Å². The Hall–Kier alpha value is -3.20. The second kappa shape index (κ2) is 10.2. The van der Waals surface area contributed by atoms with Crippen LogP contribution >= 0.6 is 15.9 Å². The summed E-state index contributed by atoms with van der Waals surface area (Å²) >= 11 is 3.41. The zero-order valence-electron chi connectivity index (χ0n) is 15.3. The van der Waals surface area contributed by atoms with E-state index in [-0.39, 0.29) is 12.5 Å². The molecular weight excluding hydrogens is 428 g/mol. The molecule has 0 aliphatic rings. The zero-order chi connectivity index (χ0) is 20.5. The average Bonchev–Trinajstić information content (AvgIpc) is 2.69. The van der Waals surface area contributed by atoms with E-state index in [0.29, 0.717) is 17.0 Å². The second-order valence-corrected chi connectivity index (χ2v) is 6.51. The van der Waals surface area contributed by atoms with Crippen LogP contribution in [0, 0.1) is 6.92 Å². The number of hydrogen-bond acceptors (Lipinski definition) is 5. The van der Waals surface area contributed by atoms with E-state index in [1.54, 1.807) is 30.3 Å². The maximum absolute atomic E-state index is 12.0. The summed E-state index contributed by atoms with van der Waals surface area (Å²) in [6.07, 6.45) is 1.36. The fraction of sp³-hybridized carbons (Fsp3) is 0.158. The molecule has 0 radical (unpaired) electrons. The molecule has 2 aromatic rings. The van der Waals surface area contributed by atoms with Gasteiger partial charge in [0.2, 0.25) is 0 Å². The highest BCUT2D eigenvalue weighted by molar-refractivity contribution is 9.10. The highest BCUT2D eigenvalue weighted by Crippen LogP contribution is 2.20. The van der Waals surface area contributed by atoms with Crippen molar-refractivity contribution in [2.45, 2.75) is 6.92 Å². The predicted octanol–water partition coefficient (Wildman–Crippen LogP) is 1.97. The maximum Gasteiger partial charge on any atom is 0.329 e. The van der Waals surface area contributed by atoms with Crippen molar-refractivity contribution >= 4 is 45.6 Å². The van der Waals surface area contributed by atoms with E-state index < -0.39 is 11.8 Å². The lowest BCUT2D eigenvalue weighted by molar-refractivity contribution is -0.138. The van der Waals surface area contributed by atoms with Gasteiger partial charge in [0.1, 0.15) is 5.75 Å². The Morgan fingerprint density at radius 3 is 2.64 bits per heavy atom. The van der Waals surface area contributed by atoms with Crippen molar-refractivity contribution in [2.75, 3.05) is 19.0 Å². The van der Waals surface area contributed by atoms with Crippen LogP contribution in [0.4, 0.5) is 5.69 Å². The molecule has 9 heteroatoms. The van der Waals surface area contributed by atoms with Crippen LogP contribution in [0.3, 0.4) is 0 Å². The number of anilines is 1. The van der Waals surface area contributed by atoms with Gasteiger partial charge in [0.15, 0.2) is 6.61 Å². The summed E-state index contributed by atoms with van der Waals surface area (Å²) in [4.78, 5) is 34.4. The standard InChI is InChI=1S/C19H19BrN4O4/c1-12-8-14(6-7-16(12)20)23-17(25)11-28-15-5-3-4-13(9-15)10-22-24-19(27)18(26)21-2/h3-10H,11H2,1-2H3,(H,21,26)(H,23,25)(H,24,27)/b22-10-. The molecule has 0 saturated carbocycles. The monoisotopic (exact) mass is 446 g/mol. The van der Waals surface area contributed by atoms with Gasteiger partial charge in [-0.3, -0.25) is 14.4 Å². The molecule has 0 fully saturated rings. The number of amides is 3. The summed E-state index contributed by atoms with van der Waals surface area (Å²) in [6.45, 7) is 1.77. The second-order valence-electron chi connectivity index (χ2n) is 5.65. The summed E-state index contributed by atoms with van der Waals surface area (Å²) in [6, 6.07) is 12.3. The topological polar surface area (TPSA) is 109 Å². The Balaban J connectivity index is 1.88. The SMILES string of the molecule is CNC(=O)C(=O)N/N=C\c1cccc(OCC(=O)Nc2ccc(Br)c(C)c2)c1. The number of carbonyl (C=O) groups excluding carboxylic acids is 3. The number of nitrogens with zero attached hydrogens (tertiary/aromatic N) is 1. The van der Waals surface area contributed by atoms with E-state index in [9.17, 15) is 14.4 Å². The molecule has 8 nitrogen and oxygen atoms in total. The van der Waals surface area contributed by atoms with Gasteiger partial charge in [-0.15, -0.1) is 0 Å². The van der Waals surface area contributed by atoms with E-state index >= 15 is 0 Å². The Bertz CT molecular complexity index is 915. The predicted molar refractivity (Wildman–Crippen MR) is 109 cm³/mol. The van der Waals surface area contributed by atoms with Gasteiger partial charge < -0.3 is 15.4 Å². The van der Waals surface area contributed by atoms with E-state index in [2.05, 4.69) is 37.1 Å². The molecule has 2 aromatic carbocycles. The average molecular weight is 447 g/mol. The maximum atomic E-state index is 12.0. The van der Waals surface area contributed by atoms with Gasteiger partial charge in [-0.05, 0) is 48.4 Å². The normalized spacial score (nSPS) is 10.4. The first-order valence-corrected chi connectivity index (χ1v) is 9.02. The van der Waals surface area contributed by atoms with Crippen LogP contribution in [0.2, 0.25) is 0 Å². The Labute approximate surface area is 170 Å². The molecule has 0 unspecified atom stereocenters. The van der Waals surface area contributed by atoms with E-state index in [1.807, 2.05) is 19.1 Å².